The molecule has 3 rings (SSSR count). The van der Waals surface area contributed by atoms with Crippen molar-refractivity contribution in [2.24, 2.45) is 11.1 Å². The maximum Gasteiger partial charge on any atom is 0.131 e. The van der Waals surface area contributed by atoms with Crippen LogP contribution in [-0.4, -0.2) is 11.7 Å². The minimum absolute atomic E-state index is 0.163. The van der Waals surface area contributed by atoms with Gasteiger partial charge in [0.15, 0.2) is 0 Å². The van der Waals surface area contributed by atoms with Crippen molar-refractivity contribution in [2.45, 2.75) is 18.9 Å². The van der Waals surface area contributed by atoms with Crippen molar-refractivity contribution in [1.82, 2.24) is 0 Å². The molecule has 3 N–H and O–H groups in total. The molecule has 0 fully saturated rings. The maximum absolute atomic E-state index is 13.9. The van der Waals surface area contributed by atoms with Crippen LogP contribution in [0.3, 0.4) is 0 Å². The van der Waals surface area contributed by atoms with Crippen LogP contribution in [0.2, 0.25) is 0 Å². The molecule has 110 valence electrons. The second-order valence-electron chi connectivity index (χ2n) is 5.73. The van der Waals surface area contributed by atoms with Crippen LogP contribution in [0.15, 0.2) is 42.5 Å². The molecule has 0 radical (unpaired) electrons. The van der Waals surface area contributed by atoms with Crippen molar-refractivity contribution in [2.75, 3.05) is 6.54 Å². The van der Waals surface area contributed by atoms with E-state index in [0.717, 1.165) is 23.3 Å². The SMILES string of the molecule is NCC1(C(O)c2c(F)cccc2F)Cc2ccccc2C1. The monoisotopic (exact) mass is 289 g/mol. The highest BCUT2D eigenvalue weighted by Crippen LogP contribution is 2.46. The Morgan fingerprint density at radius 2 is 1.52 bits per heavy atom. The standard InChI is InChI=1S/C17H17F2NO/c18-13-6-3-7-14(19)15(13)16(21)17(10-20)8-11-4-1-2-5-12(11)9-17/h1-7,16,21H,8-10,20H2. The number of fused-ring (bicyclic) bond motifs is 1. The Morgan fingerprint density at radius 1 is 1.00 bits per heavy atom. The second-order valence-corrected chi connectivity index (χ2v) is 5.73. The zero-order valence-corrected chi connectivity index (χ0v) is 11.5. The van der Waals surface area contributed by atoms with Crippen LogP contribution in [0.1, 0.15) is 22.8 Å². The largest absolute Gasteiger partial charge is 0.388 e. The summed E-state index contributed by atoms with van der Waals surface area (Å²) >= 11 is 0. The van der Waals surface area contributed by atoms with Gasteiger partial charge in [-0.05, 0) is 36.1 Å². The summed E-state index contributed by atoms with van der Waals surface area (Å²) in [5.74, 6) is -1.46. The predicted octanol–water partition coefficient (Wildman–Crippen LogP) is 2.74. The summed E-state index contributed by atoms with van der Waals surface area (Å²) in [6.45, 7) is 0.163. The zero-order chi connectivity index (χ0) is 15.0. The lowest BCUT2D eigenvalue weighted by molar-refractivity contribution is 0.0300. The van der Waals surface area contributed by atoms with E-state index in [2.05, 4.69) is 0 Å². The molecule has 0 amide bonds. The highest BCUT2D eigenvalue weighted by Gasteiger charge is 2.44. The first-order valence-electron chi connectivity index (χ1n) is 6.96. The fourth-order valence-corrected chi connectivity index (χ4v) is 3.25. The average molecular weight is 289 g/mol. The van der Waals surface area contributed by atoms with Crippen molar-refractivity contribution >= 4 is 0 Å². The van der Waals surface area contributed by atoms with Gasteiger partial charge in [-0.1, -0.05) is 30.3 Å². The van der Waals surface area contributed by atoms with E-state index >= 15 is 0 Å². The van der Waals surface area contributed by atoms with E-state index < -0.39 is 23.2 Å². The van der Waals surface area contributed by atoms with Crippen LogP contribution in [0.4, 0.5) is 8.78 Å². The molecular weight excluding hydrogens is 272 g/mol. The lowest BCUT2D eigenvalue weighted by atomic mass is 9.76. The molecule has 0 aromatic heterocycles. The van der Waals surface area contributed by atoms with E-state index in [1.54, 1.807) is 0 Å². The van der Waals surface area contributed by atoms with Gasteiger partial charge in [0.05, 0.1) is 11.7 Å². The van der Waals surface area contributed by atoms with E-state index in [4.69, 9.17) is 5.73 Å². The van der Waals surface area contributed by atoms with E-state index in [-0.39, 0.29) is 12.1 Å². The third-order valence-corrected chi connectivity index (χ3v) is 4.46. The summed E-state index contributed by atoms with van der Waals surface area (Å²) in [6.07, 6.45) is -0.223. The van der Waals surface area contributed by atoms with Crippen LogP contribution in [0.25, 0.3) is 0 Å². The van der Waals surface area contributed by atoms with Gasteiger partial charge in [0.2, 0.25) is 0 Å². The molecule has 0 saturated carbocycles. The smallest absolute Gasteiger partial charge is 0.131 e. The van der Waals surface area contributed by atoms with Crippen molar-refractivity contribution in [1.29, 1.82) is 0 Å². The minimum atomic E-state index is -1.27. The second kappa shape index (κ2) is 5.20. The molecule has 4 heteroatoms. The molecule has 0 spiro atoms. The van der Waals surface area contributed by atoms with Crippen LogP contribution in [-0.2, 0) is 12.8 Å². The Labute approximate surface area is 122 Å². The number of rotatable bonds is 3. The molecular formula is C17H17F2NO. The van der Waals surface area contributed by atoms with Gasteiger partial charge in [-0.3, -0.25) is 0 Å². The first-order valence-corrected chi connectivity index (χ1v) is 6.96. The van der Waals surface area contributed by atoms with Crippen LogP contribution < -0.4 is 5.73 Å². The van der Waals surface area contributed by atoms with Gasteiger partial charge in [0.25, 0.3) is 0 Å². The Morgan fingerprint density at radius 3 is 2.00 bits per heavy atom. The number of aliphatic hydroxyl groups excluding tert-OH is 1. The molecule has 2 nitrogen and oxygen atoms in total. The van der Waals surface area contributed by atoms with Gasteiger partial charge >= 0.3 is 0 Å². The van der Waals surface area contributed by atoms with Crippen molar-refractivity contribution < 1.29 is 13.9 Å². The molecule has 2 aromatic rings. The number of hydrogen-bond acceptors (Lipinski definition) is 2. The van der Waals surface area contributed by atoms with Crippen molar-refractivity contribution in [3.05, 3.63) is 70.8 Å². The lowest BCUT2D eigenvalue weighted by Crippen LogP contribution is -2.38. The Kier molecular flexibility index (Phi) is 3.51. The summed E-state index contributed by atoms with van der Waals surface area (Å²) in [6, 6.07) is 11.4. The van der Waals surface area contributed by atoms with E-state index in [0.29, 0.717) is 12.8 Å². The highest BCUT2D eigenvalue weighted by atomic mass is 19.1. The number of benzene rings is 2. The molecule has 0 saturated heterocycles. The van der Waals surface area contributed by atoms with Crippen molar-refractivity contribution in [3.8, 4) is 0 Å². The number of hydrogen-bond donors (Lipinski definition) is 2. The van der Waals surface area contributed by atoms with Crippen LogP contribution >= 0.6 is 0 Å². The average Bonchev–Trinajstić information content (AvgIpc) is 2.87. The third-order valence-electron chi connectivity index (χ3n) is 4.46. The number of halogens is 2. The quantitative estimate of drug-likeness (QED) is 0.912. The topological polar surface area (TPSA) is 46.2 Å². The fourth-order valence-electron chi connectivity index (χ4n) is 3.25. The van der Waals surface area contributed by atoms with Gasteiger partial charge < -0.3 is 10.8 Å². The van der Waals surface area contributed by atoms with E-state index in [9.17, 15) is 13.9 Å². The molecule has 1 atom stereocenters. The zero-order valence-electron chi connectivity index (χ0n) is 11.5. The molecule has 0 bridgehead atoms. The summed E-state index contributed by atoms with van der Waals surface area (Å²) < 4.78 is 27.9. The van der Waals surface area contributed by atoms with Gasteiger partial charge in [-0.15, -0.1) is 0 Å². The molecule has 0 heterocycles. The van der Waals surface area contributed by atoms with Gasteiger partial charge in [-0.25, -0.2) is 8.78 Å². The van der Waals surface area contributed by atoms with Crippen molar-refractivity contribution in [3.63, 3.8) is 0 Å². The van der Waals surface area contributed by atoms with Gasteiger partial charge in [0, 0.05) is 12.0 Å². The summed E-state index contributed by atoms with van der Waals surface area (Å²) in [5, 5.41) is 10.6. The molecule has 1 aliphatic rings. The first-order chi connectivity index (χ1) is 10.1. The first kappa shape index (κ1) is 14.2. The summed E-state index contributed by atoms with van der Waals surface area (Å²) in [7, 11) is 0. The van der Waals surface area contributed by atoms with Gasteiger partial charge in [0.1, 0.15) is 11.6 Å². The molecule has 21 heavy (non-hydrogen) atoms. The van der Waals surface area contributed by atoms with E-state index in [1.165, 1.54) is 6.07 Å². The Balaban J connectivity index is 2.02. The number of nitrogens with two attached hydrogens (primary N) is 1. The molecule has 1 aliphatic carbocycles. The fraction of sp³-hybridized carbons (Fsp3) is 0.294. The molecule has 2 aromatic carbocycles. The molecule has 0 aliphatic heterocycles. The Bertz CT molecular complexity index is 626. The third kappa shape index (κ3) is 2.24. The summed E-state index contributed by atoms with van der Waals surface area (Å²) in [5.41, 5.74) is 7.01. The lowest BCUT2D eigenvalue weighted by Gasteiger charge is -2.33. The predicted molar refractivity (Wildman–Crippen MR) is 76.7 cm³/mol. The Hall–Kier alpha value is -1.78. The maximum atomic E-state index is 13.9. The minimum Gasteiger partial charge on any atom is -0.388 e. The van der Waals surface area contributed by atoms with E-state index in [1.807, 2.05) is 24.3 Å². The molecule has 1 unspecified atom stereocenters. The number of aliphatic hydroxyl groups is 1. The van der Waals surface area contributed by atoms with Crippen LogP contribution in [0.5, 0.6) is 0 Å². The van der Waals surface area contributed by atoms with Crippen LogP contribution in [0, 0.1) is 17.0 Å². The summed E-state index contributed by atoms with van der Waals surface area (Å²) in [4.78, 5) is 0. The normalized spacial score (nSPS) is 17.5. The van der Waals surface area contributed by atoms with Gasteiger partial charge in [-0.2, -0.15) is 0 Å². The highest BCUT2D eigenvalue weighted by molar-refractivity contribution is 5.37.